The van der Waals surface area contributed by atoms with E-state index in [1.165, 1.54) is 19.3 Å². The first kappa shape index (κ1) is 14.2. The van der Waals surface area contributed by atoms with Crippen LogP contribution in [0.15, 0.2) is 18.2 Å². The Morgan fingerprint density at radius 2 is 2.11 bits per heavy atom. The highest BCUT2D eigenvalue weighted by Crippen LogP contribution is 2.44. The van der Waals surface area contributed by atoms with E-state index in [9.17, 15) is 0 Å². The normalized spacial score (nSPS) is 24.2. The smallest absolute Gasteiger partial charge is 0.0624 e. The van der Waals surface area contributed by atoms with Crippen LogP contribution in [0.2, 0.25) is 10.0 Å². The van der Waals surface area contributed by atoms with Gasteiger partial charge in [0.05, 0.1) is 10.0 Å². The minimum Gasteiger partial charge on any atom is -0.327 e. The molecule has 0 saturated heterocycles. The van der Waals surface area contributed by atoms with Crippen LogP contribution < -0.4 is 5.73 Å². The number of nitrogens with two attached hydrogens (primary N) is 1. The molecule has 2 rings (SSSR count). The van der Waals surface area contributed by atoms with E-state index in [4.69, 9.17) is 28.9 Å². The van der Waals surface area contributed by atoms with Gasteiger partial charge < -0.3 is 5.73 Å². The predicted octanol–water partition coefficient (Wildman–Crippen LogP) is 4.69. The minimum absolute atomic E-state index is 0.165. The Kier molecular flexibility index (Phi) is 4.25. The Morgan fingerprint density at radius 3 is 2.72 bits per heavy atom. The highest BCUT2D eigenvalue weighted by atomic mass is 35.5. The third-order valence-corrected chi connectivity index (χ3v) is 5.20. The maximum atomic E-state index is 6.40. The summed E-state index contributed by atoms with van der Waals surface area (Å²) in [4.78, 5) is 0. The largest absolute Gasteiger partial charge is 0.327 e. The van der Waals surface area contributed by atoms with Gasteiger partial charge in [0.1, 0.15) is 0 Å². The topological polar surface area (TPSA) is 26.0 Å². The molecule has 2 atom stereocenters. The van der Waals surface area contributed by atoms with Gasteiger partial charge in [0.15, 0.2) is 0 Å². The Morgan fingerprint density at radius 1 is 1.39 bits per heavy atom. The molecule has 0 radical (unpaired) electrons. The first-order chi connectivity index (χ1) is 8.42. The molecule has 1 fully saturated rings. The highest BCUT2D eigenvalue weighted by molar-refractivity contribution is 6.42. The van der Waals surface area contributed by atoms with E-state index < -0.39 is 0 Å². The van der Waals surface area contributed by atoms with Gasteiger partial charge in [0.2, 0.25) is 0 Å². The average Bonchev–Trinajstić information content (AvgIpc) is 2.65. The van der Waals surface area contributed by atoms with E-state index in [-0.39, 0.29) is 6.04 Å². The van der Waals surface area contributed by atoms with E-state index in [1.807, 2.05) is 18.2 Å². The Bertz CT molecular complexity index is 429. The van der Waals surface area contributed by atoms with Crippen molar-refractivity contribution in [2.45, 2.75) is 45.6 Å². The van der Waals surface area contributed by atoms with Crippen LogP contribution in [0, 0.1) is 11.3 Å². The van der Waals surface area contributed by atoms with Gasteiger partial charge in [-0.2, -0.15) is 0 Å². The van der Waals surface area contributed by atoms with Crippen molar-refractivity contribution in [1.82, 2.24) is 0 Å². The van der Waals surface area contributed by atoms with Crippen LogP contribution in [0.25, 0.3) is 0 Å². The summed E-state index contributed by atoms with van der Waals surface area (Å²) in [5.41, 5.74) is 7.82. The van der Waals surface area contributed by atoms with Gasteiger partial charge in [-0.3, -0.25) is 0 Å². The number of rotatable bonds is 3. The fourth-order valence-electron chi connectivity index (χ4n) is 3.25. The number of benzene rings is 1. The third kappa shape index (κ3) is 2.84. The lowest BCUT2D eigenvalue weighted by Gasteiger charge is -2.32. The predicted molar refractivity (Wildman–Crippen MR) is 79.3 cm³/mol. The van der Waals surface area contributed by atoms with E-state index in [0.29, 0.717) is 21.4 Å². The second-order valence-corrected chi connectivity index (χ2v) is 6.85. The molecule has 1 aromatic rings. The lowest BCUT2D eigenvalue weighted by molar-refractivity contribution is 0.220. The van der Waals surface area contributed by atoms with Crippen molar-refractivity contribution < 1.29 is 0 Å². The molecule has 0 aromatic heterocycles. The number of halogens is 2. The molecule has 3 heteroatoms. The lowest BCUT2D eigenvalue weighted by atomic mass is 9.76. The van der Waals surface area contributed by atoms with Crippen molar-refractivity contribution in [1.29, 1.82) is 0 Å². The average molecular weight is 286 g/mol. The molecule has 1 nitrogen and oxygen atoms in total. The molecule has 1 aliphatic rings. The number of hydrogen-bond acceptors (Lipinski definition) is 1. The second kappa shape index (κ2) is 5.40. The summed E-state index contributed by atoms with van der Waals surface area (Å²) in [5, 5.41) is 1.28. The molecule has 2 unspecified atom stereocenters. The van der Waals surface area contributed by atoms with Crippen LogP contribution in [-0.2, 0) is 6.42 Å². The summed E-state index contributed by atoms with van der Waals surface area (Å²) in [6.07, 6.45) is 4.60. The van der Waals surface area contributed by atoms with Crippen LogP contribution >= 0.6 is 23.2 Å². The zero-order chi connectivity index (χ0) is 13.3. The van der Waals surface area contributed by atoms with Gasteiger partial charge in [0, 0.05) is 6.04 Å². The molecule has 1 aliphatic carbocycles. The van der Waals surface area contributed by atoms with Gasteiger partial charge in [-0.15, -0.1) is 0 Å². The molecule has 100 valence electrons. The molecule has 0 spiro atoms. The molecule has 1 aromatic carbocycles. The summed E-state index contributed by atoms with van der Waals surface area (Å²) in [5.74, 6) is 0.576. The van der Waals surface area contributed by atoms with Crippen LogP contribution in [0.5, 0.6) is 0 Å². The monoisotopic (exact) mass is 285 g/mol. The Balaban J connectivity index is 2.12. The highest BCUT2D eigenvalue weighted by Gasteiger charge is 2.38. The SMILES string of the molecule is CC1(C)CCCC1C(N)Cc1cccc(Cl)c1Cl. The van der Waals surface area contributed by atoms with E-state index in [2.05, 4.69) is 13.8 Å². The molecular weight excluding hydrogens is 265 g/mol. The zero-order valence-electron chi connectivity index (χ0n) is 11.0. The summed E-state index contributed by atoms with van der Waals surface area (Å²) in [6, 6.07) is 5.95. The zero-order valence-corrected chi connectivity index (χ0v) is 12.6. The van der Waals surface area contributed by atoms with Crippen LogP contribution in [0.4, 0.5) is 0 Å². The van der Waals surface area contributed by atoms with Crippen molar-refractivity contribution in [3.8, 4) is 0 Å². The van der Waals surface area contributed by atoms with Crippen molar-refractivity contribution in [3.05, 3.63) is 33.8 Å². The summed E-state index contributed by atoms with van der Waals surface area (Å²) < 4.78 is 0. The van der Waals surface area contributed by atoms with Crippen molar-refractivity contribution in [3.63, 3.8) is 0 Å². The maximum absolute atomic E-state index is 6.40. The van der Waals surface area contributed by atoms with E-state index >= 15 is 0 Å². The third-order valence-electron chi connectivity index (χ3n) is 4.34. The second-order valence-electron chi connectivity index (χ2n) is 6.07. The fourth-order valence-corrected chi connectivity index (χ4v) is 3.65. The van der Waals surface area contributed by atoms with Crippen LogP contribution in [0.1, 0.15) is 38.7 Å². The first-order valence-electron chi connectivity index (χ1n) is 6.60. The van der Waals surface area contributed by atoms with Crippen molar-refractivity contribution in [2.24, 2.45) is 17.1 Å². The van der Waals surface area contributed by atoms with E-state index in [0.717, 1.165) is 12.0 Å². The summed E-state index contributed by atoms with van der Waals surface area (Å²) in [6.45, 7) is 4.65. The molecule has 0 aliphatic heterocycles. The molecule has 0 bridgehead atoms. The Hall–Kier alpha value is -0.240. The molecule has 0 amide bonds. The van der Waals surface area contributed by atoms with Crippen LogP contribution in [0.3, 0.4) is 0 Å². The van der Waals surface area contributed by atoms with E-state index in [1.54, 1.807) is 0 Å². The van der Waals surface area contributed by atoms with Gasteiger partial charge >= 0.3 is 0 Å². The quantitative estimate of drug-likeness (QED) is 0.857. The van der Waals surface area contributed by atoms with Crippen molar-refractivity contribution >= 4 is 23.2 Å². The van der Waals surface area contributed by atoms with Crippen LogP contribution in [-0.4, -0.2) is 6.04 Å². The molecule has 0 heterocycles. The molecule has 2 N–H and O–H groups in total. The minimum atomic E-state index is 0.165. The molecule has 1 saturated carbocycles. The van der Waals surface area contributed by atoms with Gasteiger partial charge in [0.25, 0.3) is 0 Å². The first-order valence-corrected chi connectivity index (χ1v) is 7.36. The van der Waals surface area contributed by atoms with Gasteiger partial charge in [-0.25, -0.2) is 0 Å². The van der Waals surface area contributed by atoms with Gasteiger partial charge in [-0.05, 0) is 42.2 Å². The fraction of sp³-hybridized carbons (Fsp3) is 0.600. The molecule has 18 heavy (non-hydrogen) atoms. The summed E-state index contributed by atoms with van der Waals surface area (Å²) >= 11 is 12.3. The Labute approximate surface area is 120 Å². The lowest BCUT2D eigenvalue weighted by Crippen LogP contribution is -2.38. The maximum Gasteiger partial charge on any atom is 0.0624 e. The van der Waals surface area contributed by atoms with Gasteiger partial charge in [-0.1, -0.05) is 55.6 Å². The summed E-state index contributed by atoms with van der Waals surface area (Å²) in [7, 11) is 0. The van der Waals surface area contributed by atoms with Crippen molar-refractivity contribution in [2.75, 3.05) is 0 Å². The number of hydrogen-bond donors (Lipinski definition) is 1. The molecular formula is C15H21Cl2N. The standard InChI is InChI=1S/C15H21Cl2N/c1-15(2)8-4-6-11(15)13(18)9-10-5-3-7-12(16)14(10)17/h3,5,7,11,13H,4,6,8-9,18H2,1-2H3.